The quantitative estimate of drug-likeness (QED) is 0.867. The Morgan fingerprint density at radius 1 is 1.27 bits per heavy atom. The van der Waals surface area contributed by atoms with Crippen LogP contribution < -0.4 is 4.72 Å². The molecule has 0 saturated carbocycles. The molecule has 6 nitrogen and oxygen atoms in total. The van der Waals surface area contributed by atoms with Crippen molar-refractivity contribution < 1.29 is 8.42 Å². The standard InChI is InChI=1S/C19H26N4O2S/c1-22-19(11-18(21-22)14-6-4-3-5-7-14)17-13-23-9-8-15(17)10-16(23)12-20-26(2,24)25/h3-7,11,15-17,20H,8-10,12-13H2,1-2H3. The first-order valence-electron chi connectivity index (χ1n) is 9.19. The molecule has 2 aromatic rings. The van der Waals surface area contributed by atoms with Crippen molar-refractivity contribution in [1.82, 2.24) is 19.4 Å². The normalized spacial score (nSPS) is 28.4. The van der Waals surface area contributed by atoms with Crippen LogP contribution in [0.25, 0.3) is 11.3 Å². The van der Waals surface area contributed by atoms with Gasteiger partial charge in [0.1, 0.15) is 0 Å². The van der Waals surface area contributed by atoms with Gasteiger partial charge in [-0.1, -0.05) is 30.3 Å². The molecule has 1 aromatic carbocycles. The molecule has 0 amide bonds. The van der Waals surface area contributed by atoms with E-state index >= 15 is 0 Å². The van der Waals surface area contributed by atoms with E-state index < -0.39 is 10.0 Å². The van der Waals surface area contributed by atoms with Gasteiger partial charge in [-0.15, -0.1) is 0 Å². The first-order valence-corrected chi connectivity index (χ1v) is 11.1. The molecule has 2 bridgehead atoms. The number of benzene rings is 1. The van der Waals surface area contributed by atoms with Crippen LogP contribution in [0.5, 0.6) is 0 Å². The third-order valence-corrected chi connectivity index (χ3v) is 6.52. The molecule has 3 saturated heterocycles. The summed E-state index contributed by atoms with van der Waals surface area (Å²) in [7, 11) is -1.10. The first-order chi connectivity index (χ1) is 12.4. The summed E-state index contributed by atoms with van der Waals surface area (Å²) >= 11 is 0. The van der Waals surface area contributed by atoms with Crippen molar-refractivity contribution in [1.29, 1.82) is 0 Å². The van der Waals surface area contributed by atoms with Gasteiger partial charge in [-0.05, 0) is 31.4 Å². The molecule has 140 valence electrons. The van der Waals surface area contributed by atoms with Crippen LogP contribution in [-0.2, 0) is 17.1 Å². The molecule has 4 unspecified atom stereocenters. The van der Waals surface area contributed by atoms with E-state index in [1.807, 2.05) is 29.9 Å². The molecule has 4 atom stereocenters. The summed E-state index contributed by atoms with van der Waals surface area (Å²) in [5, 5.41) is 4.73. The fourth-order valence-electron chi connectivity index (χ4n) is 4.51. The van der Waals surface area contributed by atoms with Gasteiger partial charge < -0.3 is 0 Å². The molecule has 0 radical (unpaired) electrons. The predicted molar refractivity (Wildman–Crippen MR) is 102 cm³/mol. The Morgan fingerprint density at radius 3 is 2.69 bits per heavy atom. The summed E-state index contributed by atoms with van der Waals surface area (Å²) in [5.41, 5.74) is 3.45. The van der Waals surface area contributed by atoms with Gasteiger partial charge in [0, 0.05) is 43.4 Å². The number of rotatable bonds is 5. The molecule has 0 spiro atoms. The topological polar surface area (TPSA) is 67.2 Å². The van der Waals surface area contributed by atoms with E-state index in [9.17, 15) is 8.42 Å². The molecule has 7 heteroatoms. The van der Waals surface area contributed by atoms with Crippen LogP contribution in [0.1, 0.15) is 24.5 Å². The molecule has 3 fully saturated rings. The van der Waals surface area contributed by atoms with Gasteiger partial charge in [-0.25, -0.2) is 13.1 Å². The SMILES string of the molecule is Cn1nc(-c2ccccc2)cc1C1CN2CCC1CC2CNS(C)(=O)=O. The number of hydrogen-bond donors (Lipinski definition) is 1. The highest BCUT2D eigenvalue weighted by Crippen LogP contribution is 2.42. The van der Waals surface area contributed by atoms with E-state index in [-0.39, 0.29) is 0 Å². The summed E-state index contributed by atoms with van der Waals surface area (Å²) in [6, 6.07) is 12.8. The van der Waals surface area contributed by atoms with Crippen LogP contribution in [-0.4, -0.2) is 55.0 Å². The van der Waals surface area contributed by atoms with Crippen LogP contribution in [0.4, 0.5) is 0 Å². The maximum absolute atomic E-state index is 11.4. The number of nitrogens with one attached hydrogen (secondary N) is 1. The van der Waals surface area contributed by atoms with Crippen molar-refractivity contribution in [3.63, 3.8) is 0 Å². The molecule has 1 N–H and O–H groups in total. The fourth-order valence-corrected chi connectivity index (χ4v) is 5.01. The number of aromatic nitrogens is 2. The zero-order chi connectivity index (χ0) is 18.3. The molecule has 0 aliphatic carbocycles. The summed E-state index contributed by atoms with van der Waals surface area (Å²) in [6.45, 7) is 2.55. The minimum atomic E-state index is -3.13. The van der Waals surface area contributed by atoms with E-state index in [4.69, 9.17) is 5.10 Å². The van der Waals surface area contributed by atoms with Crippen molar-refractivity contribution in [2.45, 2.75) is 24.8 Å². The molecular weight excluding hydrogens is 348 g/mol. The summed E-state index contributed by atoms with van der Waals surface area (Å²) < 4.78 is 27.5. The zero-order valence-electron chi connectivity index (χ0n) is 15.3. The Hall–Kier alpha value is -1.70. The third kappa shape index (κ3) is 3.56. The van der Waals surface area contributed by atoms with Crippen molar-refractivity contribution in [2.24, 2.45) is 13.0 Å². The highest BCUT2D eigenvalue weighted by atomic mass is 32.2. The Morgan fingerprint density at radius 2 is 2.04 bits per heavy atom. The average Bonchev–Trinajstić information content (AvgIpc) is 3.02. The number of sulfonamides is 1. The lowest BCUT2D eigenvalue weighted by Crippen LogP contribution is -2.56. The maximum Gasteiger partial charge on any atom is 0.208 e. The second-order valence-corrected chi connectivity index (χ2v) is 9.44. The zero-order valence-corrected chi connectivity index (χ0v) is 16.1. The molecule has 26 heavy (non-hydrogen) atoms. The van der Waals surface area contributed by atoms with Gasteiger partial charge in [0.2, 0.25) is 10.0 Å². The van der Waals surface area contributed by atoms with Crippen LogP contribution in [0.2, 0.25) is 0 Å². The molecule has 3 aliphatic rings. The van der Waals surface area contributed by atoms with Gasteiger partial charge in [-0.3, -0.25) is 9.58 Å². The third-order valence-electron chi connectivity index (χ3n) is 5.83. The summed E-state index contributed by atoms with van der Waals surface area (Å²) in [5.74, 6) is 1.05. The van der Waals surface area contributed by atoms with Crippen molar-refractivity contribution in [2.75, 3.05) is 25.9 Å². The number of hydrogen-bond acceptors (Lipinski definition) is 4. The van der Waals surface area contributed by atoms with Crippen molar-refractivity contribution in [3.05, 3.63) is 42.1 Å². The smallest absolute Gasteiger partial charge is 0.208 e. The number of fused-ring (bicyclic) bond motifs is 3. The first kappa shape index (κ1) is 17.7. The lowest BCUT2D eigenvalue weighted by atomic mass is 9.74. The molecule has 3 aliphatic heterocycles. The van der Waals surface area contributed by atoms with Gasteiger partial charge >= 0.3 is 0 Å². The Kier molecular flexibility index (Phi) is 4.62. The largest absolute Gasteiger partial charge is 0.298 e. The summed E-state index contributed by atoms with van der Waals surface area (Å²) in [4.78, 5) is 2.44. The van der Waals surface area contributed by atoms with Gasteiger partial charge in [0.05, 0.1) is 11.9 Å². The van der Waals surface area contributed by atoms with Crippen molar-refractivity contribution in [3.8, 4) is 11.3 Å². The maximum atomic E-state index is 11.4. The Labute approximate surface area is 155 Å². The summed E-state index contributed by atoms with van der Waals surface area (Å²) in [6.07, 6.45) is 3.44. The average molecular weight is 375 g/mol. The van der Waals surface area contributed by atoms with E-state index in [0.717, 1.165) is 30.8 Å². The lowest BCUT2D eigenvalue weighted by molar-refractivity contribution is 0.0306. The number of piperidine rings is 3. The molecular formula is C19H26N4O2S. The van der Waals surface area contributed by atoms with Crippen molar-refractivity contribution >= 4 is 10.0 Å². The minimum absolute atomic E-state index is 0.307. The van der Waals surface area contributed by atoms with Crippen LogP contribution in [0.15, 0.2) is 36.4 Å². The lowest BCUT2D eigenvalue weighted by Gasteiger charge is -2.49. The molecule has 1 aromatic heterocycles. The predicted octanol–water partition coefficient (Wildman–Crippen LogP) is 1.81. The van der Waals surface area contributed by atoms with Gasteiger partial charge in [0.15, 0.2) is 0 Å². The Balaban J connectivity index is 1.51. The van der Waals surface area contributed by atoms with Crippen LogP contribution in [0.3, 0.4) is 0 Å². The Bertz CT molecular complexity index is 878. The van der Waals surface area contributed by atoms with Gasteiger partial charge in [-0.2, -0.15) is 5.10 Å². The van der Waals surface area contributed by atoms with Crippen LogP contribution in [0, 0.1) is 5.92 Å². The van der Waals surface area contributed by atoms with E-state index in [1.165, 1.54) is 18.4 Å². The van der Waals surface area contributed by atoms with E-state index in [2.05, 4.69) is 27.8 Å². The van der Waals surface area contributed by atoms with E-state index in [1.54, 1.807) is 0 Å². The monoisotopic (exact) mass is 374 g/mol. The number of nitrogens with zero attached hydrogens (tertiary/aromatic N) is 3. The fraction of sp³-hybridized carbons (Fsp3) is 0.526. The second-order valence-electron chi connectivity index (χ2n) is 7.60. The van der Waals surface area contributed by atoms with Crippen LogP contribution >= 0.6 is 0 Å². The number of aryl methyl sites for hydroxylation is 1. The molecule has 4 heterocycles. The second kappa shape index (κ2) is 6.79. The highest BCUT2D eigenvalue weighted by molar-refractivity contribution is 7.88. The highest BCUT2D eigenvalue weighted by Gasteiger charge is 2.41. The van der Waals surface area contributed by atoms with E-state index in [0.29, 0.717) is 24.4 Å². The van der Waals surface area contributed by atoms with Gasteiger partial charge in [0.25, 0.3) is 0 Å². The molecule has 5 rings (SSSR count). The minimum Gasteiger partial charge on any atom is -0.298 e.